The highest BCUT2D eigenvalue weighted by Crippen LogP contribution is 2.28. The molecule has 4 nitrogen and oxygen atoms in total. The molecule has 0 aromatic heterocycles. The first-order chi connectivity index (χ1) is 9.10. The van der Waals surface area contributed by atoms with Gasteiger partial charge in [0, 0.05) is 4.47 Å². The van der Waals surface area contributed by atoms with Crippen molar-refractivity contribution in [2.75, 3.05) is 0 Å². The topological polar surface area (TPSA) is 67.8 Å². The molecule has 0 radical (unpaired) electrons. The van der Waals surface area contributed by atoms with E-state index in [1.54, 1.807) is 18.2 Å². The van der Waals surface area contributed by atoms with Crippen LogP contribution >= 0.6 is 15.9 Å². The summed E-state index contributed by atoms with van der Waals surface area (Å²) in [6.07, 6.45) is 0. The van der Waals surface area contributed by atoms with Gasteiger partial charge in [-0.1, -0.05) is 21.1 Å². The van der Waals surface area contributed by atoms with Gasteiger partial charge in [0.05, 0.1) is 5.56 Å². The molecular weight excluding hydrogens is 315 g/mol. The molecule has 19 heavy (non-hydrogen) atoms. The number of ether oxygens (including phenoxy) is 1. The van der Waals surface area contributed by atoms with E-state index in [1.807, 2.05) is 0 Å². The lowest BCUT2D eigenvalue weighted by Gasteiger charge is -2.10. The molecule has 2 aromatic carbocycles. The first-order valence-electron chi connectivity index (χ1n) is 5.31. The van der Waals surface area contributed by atoms with Gasteiger partial charge in [0.2, 0.25) is 0 Å². The lowest BCUT2D eigenvalue weighted by molar-refractivity contribution is 0.318. The lowest BCUT2D eigenvalue weighted by Crippen LogP contribution is -2.14. The van der Waals surface area contributed by atoms with Crippen LogP contribution in [0.4, 0.5) is 4.39 Å². The maximum atomic E-state index is 12.8. The van der Waals surface area contributed by atoms with Crippen LogP contribution < -0.4 is 10.5 Å². The average molecular weight is 325 g/mol. The van der Waals surface area contributed by atoms with Gasteiger partial charge in [-0.25, -0.2) is 4.39 Å². The van der Waals surface area contributed by atoms with E-state index < -0.39 is 0 Å². The van der Waals surface area contributed by atoms with Crippen LogP contribution in [0.25, 0.3) is 0 Å². The van der Waals surface area contributed by atoms with Gasteiger partial charge in [-0.05, 0) is 42.5 Å². The minimum atomic E-state index is -0.349. The number of amidine groups is 1. The highest BCUT2D eigenvalue weighted by molar-refractivity contribution is 9.10. The molecule has 98 valence electrons. The first-order valence-corrected chi connectivity index (χ1v) is 6.10. The molecule has 2 rings (SSSR count). The summed E-state index contributed by atoms with van der Waals surface area (Å²) in [5.74, 6) is 0.436. The zero-order valence-corrected chi connectivity index (χ0v) is 11.3. The predicted molar refractivity (Wildman–Crippen MR) is 73.1 cm³/mol. The molecule has 0 spiro atoms. The van der Waals surface area contributed by atoms with E-state index in [4.69, 9.17) is 15.7 Å². The van der Waals surface area contributed by atoms with E-state index in [0.29, 0.717) is 17.1 Å². The SMILES string of the molecule is N/C(=N/O)c1ccc(Br)cc1Oc1ccc(F)cc1. The highest BCUT2D eigenvalue weighted by atomic mass is 79.9. The fraction of sp³-hybridized carbons (Fsp3) is 0. The third-order valence-corrected chi connectivity index (χ3v) is 2.86. The number of hydrogen-bond donors (Lipinski definition) is 2. The molecule has 3 N–H and O–H groups in total. The summed E-state index contributed by atoms with van der Waals surface area (Å²) in [5.41, 5.74) is 6.01. The first kappa shape index (κ1) is 13.4. The van der Waals surface area contributed by atoms with Crippen LogP contribution in [0.3, 0.4) is 0 Å². The fourth-order valence-corrected chi connectivity index (χ4v) is 1.82. The fourth-order valence-electron chi connectivity index (χ4n) is 1.48. The quantitative estimate of drug-likeness (QED) is 0.393. The van der Waals surface area contributed by atoms with Gasteiger partial charge in [0.15, 0.2) is 5.84 Å². The van der Waals surface area contributed by atoms with Gasteiger partial charge in [0.25, 0.3) is 0 Å². The molecule has 0 aliphatic heterocycles. The Bertz CT molecular complexity index is 615. The molecular formula is C13H10BrFN2O2. The molecule has 0 amide bonds. The van der Waals surface area contributed by atoms with Crippen molar-refractivity contribution in [2.45, 2.75) is 0 Å². The summed E-state index contributed by atoms with van der Waals surface area (Å²) >= 11 is 3.31. The third-order valence-electron chi connectivity index (χ3n) is 2.37. The van der Waals surface area contributed by atoms with E-state index in [9.17, 15) is 4.39 Å². The van der Waals surface area contributed by atoms with Crippen LogP contribution in [0.1, 0.15) is 5.56 Å². The maximum Gasteiger partial charge on any atom is 0.173 e. The van der Waals surface area contributed by atoms with Gasteiger partial charge in [-0.3, -0.25) is 0 Å². The number of benzene rings is 2. The van der Waals surface area contributed by atoms with Crippen molar-refractivity contribution in [2.24, 2.45) is 10.9 Å². The predicted octanol–water partition coefficient (Wildman–Crippen LogP) is 3.48. The normalized spacial score (nSPS) is 11.4. The van der Waals surface area contributed by atoms with Gasteiger partial charge in [-0.15, -0.1) is 0 Å². The van der Waals surface area contributed by atoms with Crippen molar-refractivity contribution in [1.82, 2.24) is 0 Å². The molecule has 0 unspecified atom stereocenters. The van der Waals surface area contributed by atoms with Crippen molar-refractivity contribution < 1.29 is 14.3 Å². The minimum Gasteiger partial charge on any atom is -0.457 e. The van der Waals surface area contributed by atoms with Crippen molar-refractivity contribution >= 4 is 21.8 Å². The number of halogens is 2. The second kappa shape index (κ2) is 5.71. The van der Waals surface area contributed by atoms with Crippen molar-refractivity contribution in [1.29, 1.82) is 0 Å². The number of rotatable bonds is 3. The second-order valence-corrected chi connectivity index (χ2v) is 4.60. The minimum absolute atomic E-state index is 0.0652. The van der Waals surface area contributed by atoms with Gasteiger partial charge >= 0.3 is 0 Å². The Balaban J connectivity index is 2.38. The smallest absolute Gasteiger partial charge is 0.173 e. The Labute approximate surface area is 117 Å². The van der Waals surface area contributed by atoms with Crippen molar-refractivity contribution in [3.05, 3.63) is 58.3 Å². The Kier molecular flexibility index (Phi) is 4.01. The molecule has 0 bridgehead atoms. The number of hydrogen-bond acceptors (Lipinski definition) is 3. The maximum absolute atomic E-state index is 12.8. The Hall–Kier alpha value is -2.08. The van der Waals surface area contributed by atoms with Crippen molar-refractivity contribution in [3.8, 4) is 11.5 Å². The standard InChI is InChI=1S/C13H10BrFN2O2/c14-8-1-6-11(13(16)17-18)12(7-8)19-10-4-2-9(15)3-5-10/h1-7,18H,(H2,16,17). The summed E-state index contributed by atoms with van der Waals surface area (Å²) in [7, 11) is 0. The van der Waals surface area contributed by atoms with Crippen LogP contribution in [0, 0.1) is 5.82 Å². The largest absolute Gasteiger partial charge is 0.457 e. The van der Waals surface area contributed by atoms with E-state index in [-0.39, 0.29) is 11.7 Å². The lowest BCUT2D eigenvalue weighted by atomic mass is 10.2. The summed E-state index contributed by atoms with van der Waals surface area (Å²) < 4.78 is 19.2. The summed E-state index contributed by atoms with van der Waals surface area (Å²) in [5, 5.41) is 11.7. The number of nitrogens with zero attached hydrogens (tertiary/aromatic N) is 1. The summed E-state index contributed by atoms with van der Waals surface area (Å²) in [4.78, 5) is 0. The Morgan fingerprint density at radius 2 is 1.89 bits per heavy atom. The third kappa shape index (κ3) is 3.23. The zero-order chi connectivity index (χ0) is 13.8. The molecule has 0 aliphatic rings. The van der Waals surface area contributed by atoms with Gasteiger partial charge in [0.1, 0.15) is 17.3 Å². The van der Waals surface area contributed by atoms with E-state index in [1.165, 1.54) is 24.3 Å². The number of nitrogens with two attached hydrogens (primary N) is 1. The van der Waals surface area contributed by atoms with E-state index in [2.05, 4.69) is 21.1 Å². The summed E-state index contributed by atoms with van der Waals surface area (Å²) in [6, 6.07) is 10.6. The Morgan fingerprint density at radius 1 is 1.21 bits per heavy atom. The van der Waals surface area contributed by atoms with Crippen LogP contribution in [0.15, 0.2) is 52.1 Å². The van der Waals surface area contributed by atoms with Crippen LogP contribution in [0.2, 0.25) is 0 Å². The molecule has 2 aromatic rings. The Morgan fingerprint density at radius 3 is 2.53 bits per heavy atom. The van der Waals surface area contributed by atoms with Gasteiger partial charge in [-0.2, -0.15) is 0 Å². The second-order valence-electron chi connectivity index (χ2n) is 3.68. The number of oxime groups is 1. The molecule has 0 aliphatic carbocycles. The van der Waals surface area contributed by atoms with Gasteiger partial charge < -0.3 is 15.7 Å². The molecule has 0 atom stereocenters. The van der Waals surface area contributed by atoms with Crippen LogP contribution in [-0.4, -0.2) is 11.0 Å². The monoisotopic (exact) mass is 324 g/mol. The molecule has 0 saturated heterocycles. The zero-order valence-electron chi connectivity index (χ0n) is 9.68. The van der Waals surface area contributed by atoms with E-state index in [0.717, 1.165) is 4.47 Å². The average Bonchev–Trinajstić information content (AvgIpc) is 2.41. The molecule has 0 fully saturated rings. The highest BCUT2D eigenvalue weighted by Gasteiger charge is 2.10. The molecule has 6 heteroatoms. The molecule has 0 heterocycles. The van der Waals surface area contributed by atoms with Crippen LogP contribution in [0.5, 0.6) is 11.5 Å². The van der Waals surface area contributed by atoms with Crippen molar-refractivity contribution in [3.63, 3.8) is 0 Å². The van der Waals surface area contributed by atoms with Crippen LogP contribution in [-0.2, 0) is 0 Å². The summed E-state index contributed by atoms with van der Waals surface area (Å²) in [6.45, 7) is 0. The van der Waals surface area contributed by atoms with E-state index >= 15 is 0 Å². The molecule has 0 saturated carbocycles.